The molecule has 0 unspecified atom stereocenters. The van der Waals surface area contributed by atoms with E-state index in [9.17, 15) is 5.53 Å². The van der Waals surface area contributed by atoms with Crippen LogP contribution in [0.1, 0.15) is 274 Å². The van der Waals surface area contributed by atoms with Crippen LogP contribution in [0.2, 0.25) is 0 Å². The van der Waals surface area contributed by atoms with Crippen LogP contribution >= 0.6 is 0 Å². The van der Waals surface area contributed by atoms with Crippen LogP contribution in [-0.2, 0) is 42.2 Å². The zero-order valence-corrected chi connectivity index (χ0v) is 43.2. The van der Waals surface area contributed by atoms with E-state index in [2.05, 4.69) is 105 Å². The Kier molecular flexibility index (Phi) is 40.4. The molecule has 0 saturated heterocycles. The molecule has 1 heterocycles. The van der Waals surface area contributed by atoms with Gasteiger partial charge >= 0.3 is 16.5 Å². The molecule has 62 heavy (non-hydrogen) atoms. The molecule has 1 aliphatic rings. The molecular formula is C59H100N2Ni. The van der Waals surface area contributed by atoms with Gasteiger partial charge in [0.2, 0.25) is 11.4 Å². The third kappa shape index (κ3) is 27.4. The number of benzene rings is 2. The van der Waals surface area contributed by atoms with Crippen molar-refractivity contribution in [1.82, 2.24) is 0 Å². The van der Waals surface area contributed by atoms with Crippen LogP contribution in [0, 0.1) is 13.8 Å². The molecule has 2 aromatic carbocycles. The van der Waals surface area contributed by atoms with Crippen LogP contribution in [0.15, 0.2) is 48.0 Å². The SMILES string of the molecule is CCCCCC1=C(c2cc(CCCCC)cc(CCCCC)c2)[N+](=[N-])C(c2cc(CCCCC)cc(CCCCC)c2)=C1.[CH2-]CCCCCCCC.[CH2-]CCCCCCCC.[Ni+2]. The molecule has 0 atom stereocenters. The molecule has 356 valence electrons. The molecule has 0 N–H and O–H groups in total. The number of nitrogens with zero attached hydrogens (tertiary/aromatic N) is 2. The fourth-order valence-corrected chi connectivity index (χ4v) is 8.44. The van der Waals surface area contributed by atoms with Crippen LogP contribution in [-0.4, -0.2) is 4.70 Å². The summed E-state index contributed by atoms with van der Waals surface area (Å²) in [6, 6.07) is 14.4. The van der Waals surface area contributed by atoms with E-state index < -0.39 is 0 Å². The maximum Gasteiger partial charge on any atom is 2.00 e. The molecule has 0 aliphatic carbocycles. The summed E-state index contributed by atoms with van der Waals surface area (Å²) in [4.78, 5) is 0. The van der Waals surface area contributed by atoms with E-state index in [-0.39, 0.29) is 16.5 Å². The van der Waals surface area contributed by atoms with Gasteiger partial charge in [0.15, 0.2) is 0 Å². The quantitative estimate of drug-likeness (QED) is 0.0289. The van der Waals surface area contributed by atoms with Crippen LogP contribution < -0.4 is 0 Å². The van der Waals surface area contributed by atoms with Crippen LogP contribution in [0.25, 0.3) is 16.9 Å². The second-order valence-electron chi connectivity index (χ2n) is 18.3. The summed E-state index contributed by atoms with van der Waals surface area (Å²) in [6.07, 6.45) is 45.2. The number of hydrogen-bond donors (Lipinski definition) is 0. The van der Waals surface area contributed by atoms with E-state index in [1.165, 1.54) is 206 Å². The topological polar surface area (TPSA) is 25.3 Å². The third-order valence-corrected chi connectivity index (χ3v) is 12.3. The Morgan fingerprint density at radius 1 is 0.371 bits per heavy atom. The Hall–Kier alpha value is -1.99. The van der Waals surface area contributed by atoms with Gasteiger partial charge in [-0.25, -0.2) is 4.70 Å². The number of rotatable bonds is 34. The monoisotopic (exact) mass is 895 g/mol. The van der Waals surface area contributed by atoms with Crippen molar-refractivity contribution in [3.05, 3.63) is 101 Å². The second-order valence-corrected chi connectivity index (χ2v) is 18.3. The average Bonchev–Trinajstić information content (AvgIpc) is 3.60. The minimum absolute atomic E-state index is 0. The first-order valence-corrected chi connectivity index (χ1v) is 26.7. The zero-order valence-electron chi connectivity index (χ0n) is 42.2. The summed E-state index contributed by atoms with van der Waals surface area (Å²) in [5.74, 6) is 0. The summed E-state index contributed by atoms with van der Waals surface area (Å²) in [7, 11) is 0. The smallest absolute Gasteiger partial charge is 0.493 e. The molecule has 0 fully saturated rings. The van der Waals surface area contributed by atoms with Gasteiger partial charge in [-0.2, -0.15) is 12.8 Å². The van der Waals surface area contributed by atoms with Gasteiger partial charge in [-0.15, -0.1) is 0 Å². The van der Waals surface area contributed by atoms with Crippen molar-refractivity contribution < 1.29 is 21.2 Å². The predicted octanol–water partition coefficient (Wildman–Crippen LogP) is 20.1. The van der Waals surface area contributed by atoms with E-state index >= 15 is 0 Å². The van der Waals surface area contributed by atoms with E-state index in [1.54, 1.807) is 4.70 Å². The van der Waals surface area contributed by atoms with Gasteiger partial charge in [0.1, 0.15) is 0 Å². The molecule has 3 heteroatoms. The third-order valence-electron chi connectivity index (χ3n) is 12.3. The number of unbranched alkanes of at least 4 members (excludes halogenated alkanes) is 22. The summed E-state index contributed by atoms with van der Waals surface area (Å²) in [5, 5.41) is 0. The Labute approximate surface area is 398 Å². The normalized spacial score (nSPS) is 12.1. The minimum Gasteiger partial charge on any atom is -0.493 e. The Morgan fingerprint density at radius 2 is 0.661 bits per heavy atom. The Bertz CT molecular complexity index is 1350. The molecule has 3 rings (SSSR count). The molecular weight excluding hydrogens is 795 g/mol. The first-order chi connectivity index (χ1) is 29.9. The van der Waals surface area contributed by atoms with Gasteiger partial charge in [0.05, 0.1) is 0 Å². The largest absolute Gasteiger partial charge is 2.00 e. The summed E-state index contributed by atoms with van der Waals surface area (Å²) in [6.45, 7) is 23.5. The molecule has 0 spiro atoms. The van der Waals surface area contributed by atoms with Crippen molar-refractivity contribution in [3.63, 3.8) is 0 Å². The molecule has 2 aromatic rings. The predicted molar refractivity (Wildman–Crippen MR) is 275 cm³/mol. The van der Waals surface area contributed by atoms with Gasteiger partial charge in [-0.1, -0.05) is 202 Å². The first kappa shape index (κ1) is 60.0. The fraction of sp³-hybridized carbons (Fsp3) is 0.695. The van der Waals surface area contributed by atoms with E-state index in [1.807, 2.05) is 0 Å². The average molecular weight is 896 g/mol. The van der Waals surface area contributed by atoms with Crippen molar-refractivity contribution in [2.45, 2.75) is 267 Å². The standard InChI is InChI=1S/C41H62N2.2C9H19.Ni/c1-6-11-16-21-33-26-34(22-17-12-7-2)29-38(28-33)40-32-37(25-20-15-10-5)41(43(40)42)39-30-35(23-18-13-8-3)27-36(31-39)24-19-14-9-4;2*1-3-5-7-9-8-6-4-2;/h26-32H,6-25H2,1-5H3;2*1,3-9H2,2H3;/q;2*-1;+2. The minimum atomic E-state index is 0. The molecule has 0 saturated carbocycles. The molecule has 0 amide bonds. The molecule has 0 radical (unpaired) electrons. The van der Waals surface area contributed by atoms with E-state index in [0.717, 1.165) is 62.8 Å². The van der Waals surface area contributed by atoms with Gasteiger partial charge in [-0.05, 0) is 111 Å². The van der Waals surface area contributed by atoms with E-state index in [4.69, 9.17) is 0 Å². The van der Waals surface area contributed by atoms with Crippen LogP contribution in [0.3, 0.4) is 0 Å². The van der Waals surface area contributed by atoms with Crippen LogP contribution in [0.4, 0.5) is 0 Å². The Balaban J connectivity index is 0.00000163. The molecule has 0 aromatic heterocycles. The zero-order chi connectivity index (χ0) is 44.8. The van der Waals surface area contributed by atoms with Crippen molar-refractivity contribution in [2.75, 3.05) is 0 Å². The molecule has 1 aliphatic heterocycles. The maximum atomic E-state index is 12.0. The van der Waals surface area contributed by atoms with Gasteiger partial charge < -0.3 is 19.4 Å². The van der Waals surface area contributed by atoms with Crippen molar-refractivity contribution in [1.29, 1.82) is 0 Å². The van der Waals surface area contributed by atoms with Crippen LogP contribution in [0.5, 0.6) is 0 Å². The fourth-order valence-electron chi connectivity index (χ4n) is 8.44. The second kappa shape index (κ2) is 41.7. The number of aryl methyl sites for hydroxylation is 4. The Morgan fingerprint density at radius 3 is 1.00 bits per heavy atom. The summed E-state index contributed by atoms with van der Waals surface area (Å²) < 4.78 is 1.56. The number of allylic oxidation sites excluding steroid dienone is 2. The van der Waals surface area contributed by atoms with Gasteiger partial charge in [0.25, 0.3) is 0 Å². The van der Waals surface area contributed by atoms with E-state index in [0.29, 0.717) is 0 Å². The maximum absolute atomic E-state index is 12.0. The summed E-state index contributed by atoms with van der Waals surface area (Å²) in [5.41, 5.74) is 23.3. The molecule has 2 nitrogen and oxygen atoms in total. The van der Waals surface area contributed by atoms with Gasteiger partial charge in [0, 0.05) is 22.8 Å². The first-order valence-electron chi connectivity index (χ1n) is 26.7. The van der Waals surface area contributed by atoms with Gasteiger partial charge in [-0.3, -0.25) is 0 Å². The van der Waals surface area contributed by atoms with Crippen molar-refractivity contribution >= 4 is 11.4 Å². The van der Waals surface area contributed by atoms with Crippen molar-refractivity contribution in [2.24, 2.45) is 0 Å². The molecule has 0 bridgehead atoms. The summed E-state index contributed by atoms with van der Waals surface area (Å²) >= 11 is 0. The van der Waals surface area contributed by atoms with Crippen molar-refractivity contribution in [3.8, 4) is 0 Å². The number of hydrogen-bond acceptors (Lipinski definition) is 0.